The molecule has 0 heteroatoms. The van der Waals surface area contributed by atoms with Crippen LogP contribution in [0.4, 0.5) is 0 Å². The van der Waals surface area contributed by atoms with E-state index >= 15 is 0 Å². The van der Waals surface area contributed by atoms with E-state index in [2.05, 4.69) is 43.4 Å². The molecule has 0 fully saturated rings. The molecule has 0 aromatic carbocycles. The summed E-state index contributed by atoms with van der Waals surface area (Å²) in [5.41, 5.74) is 0. The summed E-state index contributed by atoms with van der Waals surface area (Å²) in [6, 6.07) is 0. The highest BCUT2D eigenvalue weighted by Gasteiger charge is 1.97. The average Bonchev–Trinajstić information content (AvgIpc) is 1.91. The summed E-state index contributed by atoms with van der Waals surface area (Å²) in [7, 11) is 0. The first-order valence-corrected chi connectivity index (χ1v) is 3.39. The highest BCUT2D eigenvalue weighted by atomic mass is 14.0. The van der Waals surface area contributed by atoms with Crippen LogP contribution < -0.4 is 0 Å². The number of rotatable bonds is 1. The average molecular weight is 120 g/mol. The molecule has 0 aromatic heterocycles. The van der Waals surface area contributed by atoms with E-state index in [9.17, 15) is 0 Å². The van der Waals surface area contributed by atoms with Gasteiger partial charge in [-0.05, 0) is 19.3 Å². The molecule has 1 atom stereocenters. The summed E-state index contributed by atoms with van der Waals surface area (Å²) >= 11 is 0. The van der Waals surface area contributed by atoms with Crippen molar-refractivity contribution in [3.63, 3.8) is 0 Å². The maximum atomic E-state index is 2.22. The Morgan fingerprint density at radius 3 is 2.89 bits per heavy atom. The van der Waals surface area contributed by atoms with E-state index in [1.165, 1.54) is 6.42 Å². The molecule has 0 amide bonds. The Balaban J connectivity index is 2.46. The molecule has 0 aromatic rings. The molecule has 0 nitrogen and oxygen atoms in total. The van der Waals surface area contributed by atoms with Gasteiger partial charge in [0.25, 0.3) is 0 Å². The molecule has 1 aliphatic rings. The second kappa shape index (κ2) is 3.29. The predicted molar refractivity (Wildman–Crippen MR) is 41.2 cm³/mol. The Morgan fingerprint density at radius 2 is 2.33 bits per heavy atom. The Morgan fingerprint density at radius 1 is 1.44 bits per heavy atom. The molecule has 0 aliphatic heterocycles. The quantitative estimate of drug-likeness (QED) is 0.467. The molecule has 48 valence electrons. The third-order valence-corrected chi connectivity index (χ3v) is 1.45. The molecule has 0 saturated carbocycles. The summed E-state index contributed by atoms with van der Waals surface area (Å²) in [4.78, 5) is 0. The first-order chi connectivity index (χ1) is 4.43. The van der Waals surface area contributed by atoms with Crippen molar-refractivity contribution in [2.24, 2.45) is 5.92 Å². The molecule has 1 unspecified atom stereocenters. The second-order valence-electron chi connectivity index (χ2n) is 2.24. The molecule has 0 spiro atoms. The molecule has 1 rings (SSSR count). The van der Waals surface area contributed by atoms with Gasteiger partial charge in [-0.25, -0.2) is 0 Å². The Labute approximate surface area is 56.6 Å². The zero-order valence-electron chi connectivity index (χ0n) is 5.75. The number of allylic oxidation sites excluding steroid dienone is 6. The lowest BCUT2D eigenvalue weighted by Gasteiger charge is -2.05. The van der Waals surface area contributed by atoms with Crippen LogP contribution >= 0.6 is 0 Å². The van der Waals surface area contributed by atoms with Crippen molar-refractivity contribution in [3.8, 4) is 0 Å². The number of hydrogen-bond acceptors (Lipinski definition) is 0. The summed E-state index contributed by atoms with van der Waals surface area (Å²) in [6.45, 7) is 2.06. The molecule has 0 heterocycles. The molecule has 0 bridgehead atoms. The van der Waals surface area contributed by atoms with Crippen molar-refractivity contribution in [2.45, 2.75) is 13.3 Å². The van der Waals surface area contributed by atoms with Crippen molar-refractivity contribution in [1.82, 2.24) is 0 Å². The van der Waals surface area contributed by atoms with Gasteiger partial charge in [0.15, 0.2) is 0 Å². The second-order valence-corrected chi connectivity index (χ2v) is 2.24. The van der Waals surface area contributed by atoms with Gasteiger partial charge in [-0.3, -0.25) is 0 Å². The van der Waals surface area contributed by atoms with Crippen molar-refractivity contribution in [1.29, 1.82) is 0 Å². The van der Waals surface area contributed by atoms with Crippen molar-refractivity contribution in [3.05, 3.63) is 36.5 Å². The van der Waals surface area contributed by atoms with Crippen LogP contribution in [-0.4, -0.2) is 0 Å². The van der Waals surface area contributed by atoms with Gasteiger partial charge in [-0.1, -0.05) is 36.5 Å². The van der Waals surface area contributed by atoms with Gasteiger partial charge in [-0.2, -0.15) is 0 Å². The first-order valence-electron chi connectivity index (χ1n) is 3.39. The third kappa shape index (κ3) is 1.88. The summed E-state index contributed by atoms with van der Waals surface area (Å²) < 4.78 is 0. The first kappa shape index (κ1) is 6.34. The topological polar surface area (TPSA) is 0 Å². The zero-order chi connectivity index (χ0) is 6.53. The van der Waals surface area contributed by atoms with Crippen LogP contribution in [0, 0.1) is 5.92 Å². The predicted octanol–water partition coefficient (Wildman–Crippen LogP) is 2.69. The molecular weight excluding hydrogens is 108 g/mol. The van der Waals surface area contributed by atoms with Crippen LogP contribution in [0.1, 0.15) is 13.3 Å². The minimum atomic E-state index is 0.653. The van der Waals surface area contributed by atoms with Crippen LogP contribution in [-0.2, 0) is 0 Å². The van der Waals surface area contributed by atoms with Gasteiger partial charge < -0.3 is 0 Å². The smallest absolute Gasteiger partial charge is 0.00158 e. The normalized spacial score (nSPS) is 25.7. The highest BCUT2D eigenvalue weighted by molar-refractivity contribution is 5.14. The molecular formula is C9H12. The Hall–Kier alpha value is -0.780. The fourth-order valence-electron chi connectivity index (χ4n) is 0.990. The van der Waals surface area contributed by atoms with Gasteiger partial charge in [0.1, 0.15) is 0 Å². The van der Waals surface area contributed by atoms with Crippen LogP contribution in [0.5, 0.6) is 0 Å². The van der Waals surface area contributed by atoms with Gasteiger partial charge in [0.05, 0.1) is 0 Å². The van der Waals surface area contributed by atoms with Crippen LogP contribution in [0.25, 0.3) is 0 Å². The molecule has 0 N–H and O–H groups in total. The van der Waals surface area contributed by atoms with Gasteiger partial charge in [0, 0.05) is 0 Å². The third-order valence-electron chi connectivity index (χ3n) is 1.45. The minimum Gasteiger partial charge on any atom is -0.0911 e. The van der Waals surface area contributed by atoms with Gasteiger partial charge in [0.2, 0.25) is 0 Å². The van der Waals surface area contributed by atoms with E-state index in [1.807, 2.05) is 0 Å². The van der Waals surface area contributed by atoms with E-state index in [0.29, 0.717) is 5.92 Å². The van der Waals surface area contributed by atoms with E-state index < -0.39 is 0 Å². The molecule has 0 radical (unpaired) electrons. The maximum Gasteiger partial charge on any atom is -0.00158 e. The van der Waals surface area contributed by atoms with Crippen molar-refractivity contribution in [2.75, 3.05) is 0 Å². The largest absolute Gasteiger partial charge is 0.0911 e. The fourth-order valence-corrected chi connectivity index (χ4v) is 0.990. The highest BCUT2D eigenvalue weighted by Crippen LogP contribution is 2.11. The van der Waals surface area contributed by atoms with E-state index in [-0.39, 0.29) is 0 Å². The van der Waals surface area contributed by atoms with Crippen molar-refractivity contribution < 1.29 is 0 Å². The van der Waals surface area contributed by atoms with Gasteiger partial charge >= 0.3 is 0 Å². The monoisotopic (exact) mass is 120 g/mol. The van der Waals surface area contributed by atoms with Crippen molar-refractivity contribution >= 4 is 0 Å². The van der Waals surface area contributed by atoms with E-state index in [4.69, 9.17) is 0 Å². The molecule has 9 heavy (non-hydrogen) atoms. The lowest BCUT2D eigenvalue weighted by molar-refractivity contribution is 0.821. The SMILES string of the molecule is C/C=C/C1C=CC=CC1. The Bertz CT molecular complexity index is 149. The summed E-state index contributed by atoms with van der Waals surface area (Å²) in [6.07, 6.45) is 14.1. The van der Waals surface area contributed by atoms with E-state index in [1.54, 1.807) is 0 Å². The van der Waals surface area contributed by atoms with E-state index in [0.717, 1.165) is 0 Å². The Kier molecular flexibility index (Phi) is 2.32. The van der Waals surface area contributed by atoms with Crippen LogP contribution in [0.3, 0.4) is 0 Å². The summed E-state index contributed by atoms with van der Waals surface area (Å²) in [5, 5.41) is 0. The van der Waals surface area contributed by atoms with Crippen LogP contribution in [0.15, 0.2) is 36.5 Å². The lowest BCUT2D eigenvalue weighted by Crippen LogP contribution is -1.90. The molecule has 1 aliphatic carbocycles. The fraction of sp³-hybridized carbons (Fsp3) is 0.333. The summed E-state index contributed by atoms with van der Waals surface area (Å²) in [5.74, 6) is 0.653. The standard InChI is InChI=1S/C9H12/c1-2-6-9-7-4-3-5-8-9/h2-7,9H,8H2,1H3/b6-2+. The zero-order valence-corrected chi connectivity index (χ0v) is 5.75. The maximum absolute atomic E-state index is 2.22. The number of hydrogen-bond donors (Lipinski definition) is 0. The van der Waals surface area contributed by atoms with Crippen LogP contribution in [0.2, 0.25) is 0 Å². The van der Waals surface area contributed by atoms with Gasteiger partial charge in [-0.15, -0.1) is 0 Å². The lowest BCUT2D eigenvalue weighted by atomic mass is 10.0. The minimum absolute atomic E-state index is 0.653. The molecule has 0 saturated heterocycles.